The molecule has 29 heavy (non-hydrogen) atoms. The van der Waals surface area contributed by atoms with Gasteiger partial charge in [-0.1, -0.05) is 24.3 Å². The van der Waals surface area contributed by atoms with Gasteiger partial charge in [-0.15, -0.1) is 0 Å². The van der Waals surface area contributed by atoms with E-state index in [1.165, 1.54) is 0 Å². The molecule has 0 aliphatic rings. The number of hydrogen-bond donors (Lipinski definition) is 1. The number of nitrogens with one attached hydrogen (secondary N) is 1. The first kappa shape index (κ1) is 18.7. The molecule has 0 unspecified atom stereocenters. The molecule has 0 fully saturated rings. The molecule has 4 rings (SSSR count). The lowest BCUT2D eigenvalue weighted by molar-refractivity contribution is 0.352. The Kier molecular flexibility index (Phi) is 5.24. The minimum absolute atomic E-state index is 0.610. The number of methoxy groups -OCH3 is 3. The number of ether oxygens (including phenoxy) is 3. The minimum atomic E-state index is 0.610. The number of aromatic nitrogens is 2. The van der Waals surface area contributed by atoms with Crippen LogP contribution < -0.4 is 19.5 Å². The summed E-state index contributed by atoms with van der Waals surface area (Å²) in [4.78, 5) is 4.57. The molecule has 0 amide bonds. The van der Waals surface area contributed by atoms with E-state index in [0.29, 0.717) is 6.54 Å². The quantitative estimate of drug-likeness (QED) is 0.498. The molecule has 1 heterocycles. The van der Waals surface area contributed by atoms with Crippen LogP contribution >= 0.6 is 0 Å². The van der Waals surface area contributed by atoms with Crippen LogP contribution in [0.25, 0.3) is 16.7 Å². The van der Waals surface area contributed by atoms with E-state index in [-0.39, 0.29) is 0 Å². The summed E-state index contributed by atoms with van der Waals surface area (Å²) in [5, 5.41) is 3.44. The van der Waals surface area contributed by atoms with Crippen molar-refractivity contribution >= 4 is 16.7 Å². The van der Waals surface area contributed by atoms with Crippen molar-refractivity contribution in [2.24, 2.45) is 0 Å². The molecule has 0 aliphatic carbocycles. The van der Waals surface area contributed by atoms with Crippen molar-refractivity contribution in [1.29, 1.82) is 0 Å². The molecule has 1 aromatic heterocycles. The van der Waals surface area contributed by atoms with E-state index in [1.54, 1.807) is 21.3 Å². The lowest BCUT2D eigenvalue weighted by Gasteiger charge is -2.14. The van der Waals surface area contributed by atoms with E-state index in [0.717, 1.165) is 45.2 Å². The molecule has 0 atom stereocenters. The standard InChI is InChI=1S/C23H23N3O3/c1-27-21-9-5-4-8-20(21)26-15-25-18-13-17(11-12-19(18)26)24-14-16-7-6-10-22(28-2)23(16)29-3/h4-13,15,24H,14H2,1-3H3. The lowest BCUT2D eigenvalue weighted by atomic mass is 10.1. The normalized spacial score (nSPS) is 10.7. The van der Waals surface area contributed by atoms with Crippen molar-refractivity contribution in [1.82, 2.24) is 9.55 Å². The summed E-state index contributed by atoms with van der Waals surface area (Å²) in [5.74, 6) is 2.26. The van der Waals surface area contributed by atoms with Crippen LogP contribution in [0.4, 0.5) is 5.69 Å². The lowest BCUT2D eigenvalue weighted by Crippen LogP contribution is -2.03. The Morgan fingerprint density at radius 3 is 2.45 bits per heavy atom. The molecule has 4 aromatic rings. The van der Waals surface area contributed by atoms with E-state index in [1.807, 2.05) is 65.5 Å². The van der Waals surface area contributed by atoms with Crippen LogP contribution in [-0.4, -0.2) is 30.9 Å². The Morgan fingerprint density at radius 2 is 1.66 bits per heavy atom. The maximum atomic E-state index is 5.51. The van der Waals surface area contributed by atoms with E-state index in [9.17, 15) is 0 Å². The predicted octanol–water partition coefficient (Wildman–Crippen LogP) is 4.66. The van der Waals surface area contributed by atoms with Gasteiger partial charge in [0, 0.05) is 17.8 Å². The second kappa shape index (κ2) is 8.14. The van der Waals surface area contributed by atoms with Gasteiger partial charge in [-0.2, -0.15) is 0 Å². The third-order valence-corrected chi connectivity index (χ3v) is 4.86. The molecular weight excluding hydrogens is 366 g/mol. The van der Waals surface area contributed by atoms with E-state index in [4.69, 9.17) is 14.2 Å². The topological polar surface area (TPSA) is 57.5 Å². The number of nitrogens with zero attached hydrogens (tertiary/aromatic N) is 2. The maximum absolute atomic E-state index is 5.51. The molecule has 0 saturated carbocycles. The zero-order valence-corrected chi connectivity index (χ0v) is 16.7. The molecule has 6 nitrogen and oxygen atoms in total. The predicted molar refractivity (Wildman–Crippen MR) is 114 cm³/mol. The number of para-hydroxylation sites is 3. The summed E-state index contributed by atoms with van der Waals surface area (Å²) in [6, 6.07) is 19.9. The number of benzene rings is 3. The number of anilines is 1. The second-order valence-corrected chi connectivity index (χ2v) is 6.50. The number of fused-ring (bicyclic) bond motifs is 1. The molecule has 0 saturated heterocycles. The van der Waals surface area contributed by atoms with Crippen LogP contribution in [-0.2, 0) is 6.54 Å². The highest BCUT2D eigenvalue weighted by Gasteiger charge is 2.11. The molecule has 1 N–H and O–H groups in total. The number of imidazole rings is 1. The van der Waals surface area contributed by atoms with Crippen molar-refractivity contribution in [2.75, 3.05) is 26.6 Å². The largest absolute Gasteiger partial charge is 0.495 e. The van der Waals surface area contributed by atoms with Gasteiger partial charge in [0.15, 0.2) is 11.5 Å². The first-order valence-electron chi connectivity index (χ1n) is 9.29. The molecule has 148 valence electrons. The first-order valence-corrected chi connectivity index (χ1v) is 9.29. The summed E-state index contributed by atoms with van der Waals surface area (Å²) in [6.45, 7) is 0.610. The van der Waals surface area contributed by atoms with E-state index in [2.05, 4.69) is 16.4 Å². The van der Waals surface area contributed by atoms with Crippen LogP contribution in [0.3, 0.4) is 0 Å². The Bertz CT molecular complexity index is 1140. The SMILES string of the molecule is COc1ccccc1-n1cnc2cc(NCc3cccc(OC)c3OC)ccc21. The summed E-state index contributed by atoms with van der Waals surface area (Å²) in [7, 11) is 4.96. The average Bonchev–Trinajstić information content (AvgIpc) is 3.20. The van der Waals surface area contributed by atoms with Crippen LogP contribution in [0, 0.1) is 0 Å². The van der Waals surface area contributed by atoms with Crippen molar-refractivity contribution in [3.8, 4) is 22.9 Å². The highest BCUT2D eigenvalue weighted by Crippen LogP contribution is 2.32. The van der Waals surface area contributed by atoms with Gasteiger partial charge in [0.2, 0.25) is 0 Å². The van der Waals surface area contributed by atoms with Gasteiger partial charge in [0.25, 0.3) is 0 Å². The van der Waals surface area contributed by atoms with E-state index < -0.39 is 0 Å². The Balaban J connectivity index is 1.60. The molecular formula is C23H23N3O3. The third-order valence-electron chi connectivity index (χ3n) is 4.86. The molecule has 0 bridgehead atoms. The summed E-state index contributed by atoms with van der Waals surface area (Å²) in [5.41, 5.74) is 4.87. The summed E-state index contributed by atoms with van der Waals surface area (Å²) >= 11 is 0. The van der Waals surface area contributed by atoms with Crippen molar-refractivity contribution in [3.05, 3.63) is 72.6 Å². The Morgan fingerprint density at radius 1 is 0.862 bits per heavy atom. The Labute approximate surface area is 169 Å². The smallest absolute Gasteiger partial charge is 0.165 e. The zero-order chi connectivity index (χ0) is 20.2. The fourth-order valence-electron chi connectivity index (χ4n) is 3.43. The fourth-order valence-corrected chi connectivity index (χ4v) is 3.43. The number of hydrogen-bond acceptors (Lipinski definition) is 5. The molecule has 0 aliphatic heterocycles. The second-order valence-electron chi connectivity index (χ2n) is 6.50. The molecule has 3 aromatic carbocycles. The van der Waals surface area contributed by atoms with Crippen LogP contribution in [0.15, 0.2) is 67.0 Å². The summed E-state index contributed by atoms with van der Waals surface area (Å²) in [6.07, 6.45) is 1.82. The third kappa shape index (κ3) is 3.57. The van der Waals surface area contributed by atoms with Gasteiger partial charge in [-0.25, -0.2) is 4.98 Å². The average molecular weight is 389 g/mol. The van der Waals surface area contributed by atoms with Crippen molar-refractivity contribution < 1.29 is 14.2 Å². The molecule has 0 radical (unpaired) electrons. The minimum Gasteiger partial charge on any atom is -0.495 e. The van der Waals surface area contributed by atoms with Crippen LogP contribution in [0.2, 0.25) is 0 Å². The van der Waals surface area contributed by atoms with Gasteiger partial charge in [-0.05, 0) is 36.4 Å². The highest BCUT2D eigenvalue weighted by molar-refractivity contribution is 5.81. The van der Waals surface area contributed by atoms with Gasteiger partial charge in [-0.3, -0.25) is 4.57 Å². The van der Waals surface area contributed by atoms with Crippen molar-refractivity contribution in [3.63, 3.8) is 0 Å². The van der Waals surface area contributed by atoms with Crippen LogP contribution in [0.5, 0.6) is 17.2 Å². The first-order chi connectivity index (χ1) is 14.2. The monoisotopic (exact) mass is 389 g/mol. The van der Waals surface area contributed by atoms with E-state index >= 15 is 0 Å². The van der Waals surface area contributed by atoms with Gasteiger partial charge >= 0.3 is 0 Å². The van der Waals surface area contributed by atoms with Gasteiger partial charge < -0.3 is 19.5 Å². The summed E-state index contributed by atoms with van der Waals surface area (Å²) < 4.78 is 18.4. The van der Waals surface area contributed by atoms with Gasteiger partial charge in [0.1, 0.15) is 12.1 Å². The van der Waals surface area contributed by atoms with Crippen molar-refractivity contribution in [2.45, 2.75) is 6.54 Å². The molecule has 0 spiro atoms. The zero-order valence-electron chi connectivity index (χ0n) is 16.7. The molecule has 6 heteroatoms. The maximum Gasteiger partial charge on any atom is 0.165 e. The fraction of sp³-hybridized carbons (Fsp3) is 0.174. The number of rotatable bonds is 7. The van der Waals surface area contributed by atoms with Gasteiger partial charge in [0.05, 0.1) is 38.1 Å². The van der Waals surface area contributed by atoms with Crippen LogP contribution in [0.1, 0.15) is 5.56 Å². The Hall–Kier alpha value is -3.67. The highest BCUT2D eigenvalue weighted by atomic mass is 16.5.